The summed E-state index contributed by atoms with van der Waals surface area (Å²) in [5.41, 5.74) is 23.9. The van der Waals surface area contributed by atoms with Crippen LogP contribution >= 0.6 is 0 Å². The highest BCUT2D eigenvalue weighted by molar-refractivity contribution is 6.19. The van der Waals surface area contributed by atoms with Crippen molar-refractivity contribution in [3.05, 3.63) is 293 Å². The Hall–Kier alpha value is -8.92. The van der Waals surface area contributed by atoms with Crippen molar-refractivity contribution >= 4 is 50.4 Å². The van der Waals surface area contributed by atoms with Gasteiger partial charge in [0, 0.05) is 45.3 Å². The number of allylic oxidation sites excluding steroid dienone is 3. The number of rotatable bonds is 8. The van der Waals surface area contributed by atoms with Crippen LogP contribution in [0.15, 0.2) is 259 Å². The minimum Gasteiger partial charge on any atom is -0.455 e. The minimum absolute atomic E-state index is 0.00475. The molecule has 1 spiro atoms. The van der Waals surface area contributed by atoms with Gasteiger partial charge in [-0.3, -0.25) is 0 Å². The van der Waals surface area contributed by atoms with Crippen LogP contribution in [-0.2, 0) is 16.2 Å². The van der Waals surface area contributed by atoms with Gasteiger partial charge in [-0.2, -0.15) is 0 Å². The zero-order valence-electron chi connectivity index (χ0n) is 45.3. The number of hydrogen-bond donors (Lipinski definition) is 0. The lowest BCUT2D eigenvalue weighted by Crippen LogP contribution is -2.27. The maximum atomic E-state index is 7.41. The molecule has 0 saturated carbocycles. The van der Waals surface area contributed by atoms with Crippen molar-refractivity contribution in [2.24, 2.45) is 0 Å². The predicted molar refractivity (Wildman–Crippen MR) is 327 cm³/mol. The Morgan fingerprint density at radius 2 is 0.974 bits per heavy atom. The molecule has 1 heterocycles. The van der Waals surface area contributed by atoms with E-state index in [1.54, 1.807) is 0 Å². The van der Waals surface area contributed by atoms with Crippen molar-refractivity contribution in [3.63, 3.8) is 0 Å². The summed E-state index contributed by atoms with van der Waals surface area (Å²) in [6.07, 6.45) is 8.09. The van der Waals surface area contributed by atoms with Gasteiger partial charge in [-0.25, -0.2) is 0 Å². The summed E-state index contributed by atoms with van der Waals surface area (Å²) in [6.45, 7) is 13.7. The summed E-state index contributed by atoms with van der Waals surface area (Å²) >= 11 is 0. The zero-order chi connectivity index (χ0) is 52.9. The van der Waals surface area contributed by atoms with E-state index in [1.807, 2.05) is 0 Å². The van der Waals surface area contributed by atoms with Crippen molar-refractivity contribution in [2.75, 3.05) is 9.80 Å². The average molecular weight is 1010 g/mol. The molecule has 14 rings (SSSR count). The Morgan fingerprint density at radius 3 is 1.58 bits per heavy atom. The first-order valence-corrected chi connectivity index (χ1v) is 27.7. The second kappa shape index (κ2) is 18.1. The number of fused-ring (bicyclic) bond motifs is 14. The molecule has 1 aromatic heterocycles. The molecular formula is C75H62N2O. The van der Waals surface area contributed by atoms with Gasteiger partial charge in [0.05, 0.1) is 16.5 Å². The standard InChI is InChI=1S/C75H62N2O/c1-73(2,3)53-33-41-56(42-34-53)76(55-37-29-51(30-38-55)49-19-9-7-10-20-49)59-45-46-62-66(47-59)75(64-26-16-13-23-60(64)61-24-14-17-27-65(61)75)67-48-68(71-63-25-15-18-28-69(63)78-72(71)70(62)67)77(58-43-35-54(36-44-58)74(4,5)6)57-39-31-52(32-40-57)50-21-11-8-12-22-50/h7-31,33-48,52H,32H2,1-6H3. The van der Waals surface area contributed by atoms with Gasteiger partial charge in [0.2, 0.25) is 0 Å². The van der Waals surface area contributed by atoms with E-state index in [2.05, 4.69) is 300 Å². The SMILES string of the molecule is CC(C)(C)c1ccc(N(C2=CCC(c3ccccc3)C=C2)c2cc3c(c4oc5ccccc5c24)-c2ccc(N(c4ccc(-c5ccccc5)cc4)c4ccc(C(C)(C)C)cc4)cc2C32c3ccccc3-c3ccccc32)cc1. The normalized spacial score (nSPS) is 15.0. The third-order valence-corrected chi connectivity index (χ3v) is 16.9. The summed E-state index contributed by atoms with van der Waals surface area (Å²) < 4.78 is 7.41. The molecule has 11 aromatic rings. The van der Waals surface area contributed by atoms with E-state index < -0.39 is 5.41 Å². The molecular weight excluding hydrogens is 945 g/mol. The fraction of sp³-hybridized carbons (Fsp3) is 0.147. The predicted octanol–water partition coefficient (Wildman–Crippen LogP) is 20.4. The molecule has 378 valence electrons. The van der Waals surface area contributed by atoms with Crippen LogP contribution < -0.4 is 9.80 Å². The number of para-hydroxylation sites is 1. The molecule has 10 aromatic carbocycles. The van der Waals surface area contributed by atoms with Gasteiger partial charge in [-0.15, -0.1) is 0 Å². The lowest BCUT2D eigenvalue weighted by atomic mass is 9.70. The first kappa shape index (κ1) is 47.5. The Balaban J connectivity index is 1.04. The van der Waals surface area contributed by atoms with Crippen molar-refractivity contribution in [1.29, 1.82) is 0 Å². The molecule has 1 unspecified atom stereocenters. The fourth-order valence-corrected chi connectivity index (χ4v) is 13.0. The van der Waals surface area contributed by atoms with Crippen molar-refractivity contribution in [2.45, 2.75) is 70.1 Å². The van der Waals surface area contributed by atoms with E-state index in [1.165, 1.54) is 66.8 Å². The van der Waals surface area contributed by atoms with E-state index in [0.717, 1.165) is 68.1 Å². The highest BCUT2D eigenvalue weighted by atomic mass is 16.3. The molecule has 3 aliphatic rings. The Morgan fingerprint density at radius 1 is 0.449 bits per heavy atom. The number of benzene rings is 10. The molecule has 3 nitrogen and oxygen atoms in total. The van der Waals surface area contributed by atoms with Crippen LogP contribution in [0.4, 0.5) is 28.4 Å². The molecule has 0 fully saturated rings. The molecule has 1 atom stereocenters. The molecule has 78 heavy (non-hydrogen) atoms. The lowest BCUT2D eigenvalue weighted by Gasteiger charge is -2.34. The molecule has 3 heteroatoms. The van der Waals surface area contributed by atoms with Gasteiger partial charge >= 0.3 is 0 Å². The van der Waals surface area contributed by atoms with Crippen LogP contribution in [0.25, 0.3) is 55.3 Å². The third-order valence-electron chi connectivity index (χ3n) is 16.9. The van der Waals surface area contributed by atoms with E-state index in [0.29, 0.717) is 0 Å². The van der Waals surface area contributed by atoms with E-state index in [4.69, 9.17) is 4.42 Å². The van der Waals surface area contributed by atoms with Crippen molar-refractivity contribution < 1.29 is 4.42 Å². The number of hydrogen-bond acceptors (Lipinski definition) is 3. The minimum atomic E-state index is -0.703. The van der Waals surface area contributed by atoms with Gasteiger partial charge in [0.1, 0.15) is 11.2 Å². The molecule has 0 radical (unpaired) electrons. The maximum absolute atomic E-state index is 7.41. The molecule has 0 N–H and O–H groups in total. The lowest BCUT2D eigenvalue weighted by molar-refractivity contribution is 0.590. The summed E-state index contributed by atoms with van der Waals surface area (Å²) in [7, 11) is 0. The van der Waals surface area contributed by atoms with E-state index in [9.17, 15) is 0 Å². The van der Waals surface area contributed by atoms with Crippen molar-refractivity contribution in [1.82, 2.24) is 0 Å². The van der Waals surface area contributed by atoms with Crippen LogP contribution in [0, 0.1) is 0 Å². The van der Waals surface area contributed by atoms with Gasteiger partial charge in [-0.05, 0) is 151 Å². The smallest absolute Gasteiger partial charge is 0.145 e. The summed E-state index contributed by atoms with van der Waals surface area (Å²) in [5, 5.41) is 2.20. The Labute approximate surface area is 459 Å². The molecule has 0 saturated heterocycles. The zero-order valence-corrected chi connectivity index (χ0v) is 45.3. The number of anilines is 5. The highest BCUT2D eigenvalue weighted by Gasteiger charge is 2.53. The fourth-order valence-electron chi connectivity index (χ4n) is 13.0. The largest absolute Gasteiger partial charge is 0.455 e. The molecule has 0 aliphatic heterocycles. The average Bonchev–Trinajstić information content (AvgIpc) is 4.23. The van der Waals surface area contributed by atoms with E-state index in [-0.39, 0.29) is 16.7 Å². The topological polar surface area (TPSA) is 19.6 Å². The first-order chi connectivity index (χ1) is 37.9. The maximum Gasteiger partial charge on any atom is 0.145 e. The van der Waals surface area contributed by atoms with Crippen LogP contribution in [0.2, 0.25) is 0 Å². The Bertz CT molecular complexity index is 4120. The van der Waals surface area contributed by atoms with Crippen LogP contribution in [0.3, 0.4) is 0 Å². The van der Waals surface area contributed by atoms with Crippen molar-refractivity contribution in [3.8, 4) is 33.4 Å². The summed E-state index contributed by atoms with van der Waals surface area (Å²) in [5.74, 6) is 0.283. The summed E-state index contributed by atoms with van der Waals surface area (Å²) in [4.78, 5) is 4.96. The third kappa shape index (κ3) is 7.54. The number of furan rings is 1. The second-order valence-corrected chi connectivity index (χ2v) is 23.6. The van der Waals surface area contributed by atoms with Crippen LogP contribution in [0.1, 0.15) is 92.8 Å². The van der Waals surface area contributed by atoms with Crippen LogP contribution in [-0.4, -0.2) is 0 Å². The monoisotopic (exact) mass is 1010 g/mol. The Kier molecular flexibility index (Phi) is 11.0. The second-order valence-electron chi connectivity index (χ2n) is 23.6. The van der Waals surface area contributed by atoms with Crippen LogP contribution in [0.5, 0.6) is 0 Å². The van der Waals surface area contributed by atoms with Gasteiger partial charge in [0.25, 0.3) is 0 Å². The highest BCUT2D eigenvalue weighted by Crippen LogP contribution is 2.66. The van der Waals surface area contributed by atoms with E-state index >= 15 is 0 Å². The molecule has 3 aliphatic carbocycles. The summed E-state index contributed by atoms with van der Waals surface area (Å²) in [6, 6.07) is 85.9. The van der Waals surface area contributed by atoms with Gasteiger partial charge in [-0.1, -0.05) is 224 Å². The first-order valence-electron chi connectivity index (χ1n) is 27.7. The van der Waals surface area contributed by atoms with Gasteiger partial charge < -0.3 is 14.2 Å². The van der Waals surface area contributed by atoms with Gasteiger partial charge in [0.15, 0.2) is 0 Å². The quantitative estimate of drug-likeness (QED) is 0.151. The number of nitrogens with zero attached hydrogens (tertiary/aromatic N) is 2. The molecule has 0 amide bonds. The molecule has 0 bridgehead atoms.